The zero-order valence-electron chi connectivity index (χ0n) is 11.5. The minimum Gasteiger partial charge on any atom is -0.368 e. The third-order valence-electron chi connectivity index (χ3n) is 3.91. The van der Waals surface area contributed by atoms with Gasteiger partial charge in [-0.1, -0.05) is 0 Å². The average Bonchev–Trinajstić information content (AvgIpc) is 2.97. The van der Waals surface area contributed by atoms with Crippen molar-refractivity contribution in [2.24, 2.45) is 0 Å². The quantitative estimate of drug-likeness (QED) is 0.893. The van der Waals surface area contributed by atoms with Crippen LogP contribution in [0.1, 0.15) is 24.8 Å². The fourth-order valence-corrected chi connectivity index (χ4v) is 2.74. The lowest BCUT2D eigenvalue weighted by atomic mass is 10.0. The molecule has 1 aromatic rings. The van der Waals surface area contributed by atoms with Crippen molar-refractivity contribution in [3.05, 3.63) is 23.8 Å². The molecule has 2 aliphatic heterocycles. The van der Waals surface area contributed by atoms with Crippen LogP contribution in [-0.4, -0.2) is 31.6 Å². The fourth-order valence-electron chi connectivity index (χ4n) is 2.74. The molecule has 2 amide bonds. The molecule has 1 N–H and O–H groups in total. The molecule has 0 spiro atoms. The van der Waals surface area contributed by atoms with Crippen LogP contribution in [0.3, 0.4) is 0 Å². The Hall–Kier alpha value is -1.88. The van der Waals surface area contributed by atoms with Gasteiger partial charge in [-0.25, -0.2) is 0 Å². The van der Waals surface area contributed by atoms with Crippen molar-refractivity contribution in [3.8, 4) is 0 Å². The van der Waals surface area contributed by atoms with E-state index in [9.17, 15) is 9.59 Å². The molecule has 0 unspecified atom stereocenters. The predicted molar refractivity (Wildman–Crippen MR) is 75.8 cm³/mol. The standard InChI is InChI=1S/C15H18N2O3/c1-17-12-6-5-11(9-10(12)4-7-14(17)18)16-15(19)13-3-2-8-20-13/h5-6,9,13H,2-4,7-8H2,1H3,(H,16,19)/t13-/m0/s1. The summed E-state index contributed by atoms with van der Waals surface area (Å²) < 4.78 is 5.37. The van der Waals surface area contributed by atoms with Gasteiger partial charge >= 0.3 is 0 Å². The summed E-state index contributed by atoms with van der Waals surface area (Å²) in [6, 6.07) is 5.67. The van der Waals surface area contributed by atoms with Crippen LogP contribution in [0.25, 0.3) is 0 Å². The van der Waals surface area contributed by atoms with E-state index in [-0.39, 0.29) is 17.9 Å². The van der Waals surface area contributed by atoms with Crippen molar-refractivity contribution in [2.75, 3.05) is 23.9 Å². The number of fused-ring (bicyclic) bond motifs is 1. The molecule has 2 heterocycles. The Morgan fingerprint density at radius 3 is 3.00 bits per heavy atom. The SMILES string of the molecule is CN1C(=O)CCc2cc(NC(=O)[C@@H]3CCCO3)ccc21. The van der Waals surface area contributed by atoms with Gasteiger partial charge in [0.05, 0.1) is 0 Å². The number of aryl methyl sites for hydroxylation is 1. The highest BCUT2D eigenvalue weighted by Crippen LogP contribution is 2.29. The highest BCUT2D eigenvalue weighted by molar-refractivity contribution is 5.98. The average molecular weight is 274 g/mol. The highest BCUT2D eigenvalue weighted by Gasteiger charge is 2.25. The van der Waals surface area contributed by atoms with Crippen LogP contribution >= 0.6 is 0 Å². The van der Waals surface area contributed by atoms with Crippen LogP contribution in [-0.2, 0) is 20.7 Å². The zero-order chi connectivity index (χ0) is 14.1. The maximum absolute atomic E-state index is 12.0. The number of hydrogen-bond acceptors (Lipinski definition) is 3. The summed E-state index contributed by atoms with van der Waals surface area (Å²) in [5, 5.41) is 2.89. The van der Waals surface area contributed by atoms with Gasteiger partial charge in [-0.3, -0.25) is 9.59 Å². The normalized spacial score (nSPS) is 21.8. The van der Waals surface area contributed by atoms with Crippen molar-refractivity contribution in [3.63, 3.8) is 0 Å². The van der Waals surface area contributed by atoms with Crippen molar-refractivity contribution in [1.29, 1.82) is 0 Å². The lowest BCUT2D eigenvalue weighted by molar-refractivity contribution is -0.124. The highest BCUT2D eigenvalue weighted by atomic mass is 16.5. The molecular weight excluding hydrogens is 256 g/mol. The second kappa shape index (κ2) is 5.25. The molecule has 2 aliphatic rings. The molecule has 0 aromatic heterocycles. The Kier molecular flexibility index (Phi) is 3.44. The Morgan fingerprint density at radius 1 is 1.40 bits per heavy atom. The van der Waals surface area contributed by atoms with Crippen LogP contribution in [0.5, 0.6) is 0 Å². The molecule has 106 valence electrons. The third-order valence-corrected chi connectivity index (χ3v) is 3.91. The van der Waals surface area contributed by atoms with Crippen LogP contribution in [0.2, 0.25) is 0 Å². The number of anilines is 2. The molecule has 1 fully saturated rings. The Labute approximate surface area is 117 Å². The summed E-state index contributed by atoms with van der Waals surface area (Å²) in [6.45, 7) is 0.662. The maximum atomic E-state index is 12.0. The second-order valence-electron chi connectivity index (χ2n) is 5.29. The van der Waals surface area contributed by atoms with E-state index in [1.54, 1.807) is 11.9 Å². The molecule has 0 saturated carbocycles. The fraction of sp³-hybridized carbons (Fsp3) is 0.467. The topological polar surface area (TPSA) is 58.6 Å². The van der Waals surface area contributed by atoms with Gasteiger partial charge in [0.25, 0.3) is 5.91 Å². The van der Waals surface area contributed by atoms with E-state index in [0.717, 1.165) is 36.2 Å². The minimum atomic E-state index is -0.324. The first-order valence-corrected chi connectivity index (χ1v) is 6.97. The third kappa shape index (κ3) is 2.41. The van der Waals surface area contributed by atoms with Crippen molar-refractivity contribution in [2.45, 2.75) is 31.8 Å². The molecule has 20 heavy (non-hydrogen) atoms. The van der Waals surface area contributed by atoms with Crippen molar-refractivity contribution in [1.82, 2.24) is 0 Å². The largest absolute Gasteiger partial charge is 0.368 e. The van der Waals surface area contributed by atoms with E-state index in [0.29, 0.717) is 13.0 Å². The molecule has 5 heteroatoms. The number of benzene rings is 1. The Bertz CT molecular complexity index is 550. The van der Waals surface area contributed by atoms with Crippen LogP contribution in [0.15, 0.2) is 18.2 Å². The van der Waals surface area contributed by atoms with Gasteiger partial charge < -0.3 is 15.0 Å². The lowest BCUT2D eigenvalue weighted by Gasteiger charge is -2.26. The van der Waals surface area contributed by atoms with Crippen LogP contribution in [0.4, 0.5) is 11.4 Å². The van der Waals surface area contributed by atoms with E-state index < -0.39 is 0 Å². The molecule has 1 atom stereocenters. The van der Waals surface area contributed by atoms with E-state index in [4.69, 9.17) is 4.74 Å². The monoisotopic (exact) mass is 274 g/mol. The Balaban J connectivity index is 1.75. The second-order valence-corrected chi connectivity index (χ2v) is 5.29. The number of carbonyl (C=O) groups is 2. The number of ether oxygens (including phenoxy) is 1. The number of nitrogens with zero attached hydrogens (tertiary/aromatic N) is 1. The summed E-state index contributed by atoms with van der Waals surface area (Å²) in [5.74, 6) is 0.0522. The zero-order valence-corrected chi connectivity index (χ0v) is 11.5. The summed E-state index contributed by atoms with van der Waals surface area (Å²) in [7, 11) is 1.78. The van der Waals surface area contributed by atoms with E-state index >= 15 is 0 Å². The first kappa shape index (κ1) is 13.1. The predicted octanol–water partition coefficient (Wildman–Crippen LogP) is 1.71. The molecular formula is C15H18N2O3. The van der Waals surface area contributed by atoms with Gasteiger partial charge in [-0.05, 0) is 43.0 Å². The number of hydrogen-bond donors (Lipinski definition) is 1. The molecule has 1 saturated heterocycles. The Morgan fingerprint density at radius 2 is 2.25 bits per heavy atom. The summed E-state index contributed by atoms with van der Waals surface area (Å²) in [6.07, 6.45) is 2.65. The van der Waals surface area contributed by atoms with Gasteiger partial charge in [0.15, 0.2) is 0 Å². The van der Waals surface area contributed by atoms with Gasteiger partial charge in [0, 0.05) is 31.5 Å². The van der Waals surface area contributed by atoms with E-state index in [1.807, 2.05) is 18.2 Å². The molecule has 0 aliphatic carbocycles. The molecule has 1 aromatic carbocycles. The number of carbonyl (C=O) groups excluding carboxylic acids is 2. The van der Waals surface area contributed by atoms with Crippen molar-refractivity contribution < 1.29 is 14.3 Å². The molecule has 0 radical (unpaired) electrons. The van der Waals surface area contributed by atoms with Gasteiger partial charge in [-0.15, -0.1) is 0 Å². The lowest BCUT2D eigenvalue weighted by Crippen LogP contribution is -2.31. The summed E-state index contributed by atoms with van der Waals surface area (Å²) in [5.41, 5.74) is 2.79. The summed E-state index contributed by atoms with van der Waals surface area (Å²) in [4.78, 5) is 25.3. The van der Waals surface area contributed by atoms with Crippen molar-refractivity contribution >= 4 is 23.2 Å². The van der Waals surface area contributed by atoms with Crippen LogP contribution in [0, 0.1) is 0 Å². The smallest absolute Gasteiger partial charge is 0.253 e. The molecule has 0 bridgehead atoms. The number of rotatable bonds is 2. The van der Waals surface area contributed by atoms with Gasteiger partial charge in [-0.2, -0.15) is 0 Å². The van der Waals surface area contributed by atoms with Crippen LogP contribution < -0.4 is 10.2 Å². The summed E-state index contributed by atoms with van der Waals surface area (Å²) >= 11 is 0. The van der Waals surface area contributed by atoms with E-state index in [1.165, 1.54) is 0 Å². The number of amides is 2. The van der Waals surface area contributed by atoms with E-state index in [2.05, 4.69) is 5.32 Å². The maximum Gasteiger partial charge on any atom is 0.253 e. The van der Waals surface area contributed by atoms with Gasteiger partial charge in [0.2, 0.25) is 5.91 Å². The van der Waals surface area contributed by atoms with Gasteiger partial charge in [0.1, 0.15) is 6.10 Å². The number of nitrogens with one attached hydrogen (secondary N) is 1. The first-order valence-electron chi connectivity index (χ1n) is 6.97. The minimum absolute atomic E-state index is 0.0808. The first-order chi connectivity index (χ1) is 9.65. The molecule has 3 rings (SSSR count). The molecule has 5 nitrogen and oxygen atoms in total.